The van der Waals surface area contributed by atoms with E-state index in [0.717, 1.165) is 49.0 Å². The first-order valence-corrected chi connectivity index (χ1v) is 15.1. The minimum Gasteiger partial charge on any atom is -0.463 e. The molecule has 1 atom stereocenters. The molecule has 2 aromatic rings. The molecule has 2 aromatic carbocycles. The van der Waals surface area contributed by atoms with Crippen molar-refractivity contribution in [3.8, 4) is 0 Å². The highest BCUT2D eigenvalue weighted by atomic mass is 16.5. The van der Waals surface area contributed by atoms with E-state index in [1.54, 1.807) is 11.8 Å². The number of nitrogens with one attached hydrogen (secondary N) is 3. The number of carbonyl (C=O) groups excluding carboxylic acids is 3. The molecule has 4 saturated carbocycles. The molecule has 8 heteroatoms. The van der Waals surface area contributed by atoms with Crippen molar-refractivity contribution in [1.29, 1.82) is 0 Å². The smallest absolute Gasteiger partial charge is 0.338 e. The van der Waals surface area contributed by atoms with Crippen molar-refractivity contribution < 1.29 is 19.1 Å². The summed E-state index contributed by atoms with van der Waals surface area (Å²) in [5.74, 6) is 1.73. The van der Waals surface area contributed by atoms with Gasteiger partial charge in [-0.05, 0) is 92.9 Å². The Morgan fingerprint density at radius 2 is 1.66 bits per heavy atom. The van der Waals surface area contributed by atoms with Crippen molar-refractivity contribution in [2.75, 3.05) is 18.5 Å². The molecule has 0 saturated heterocycles. The third-order valence-electron chi connectivity index (χ3n) is 9.21. The van der Waals surface area contributed by atoms with E-state index < -0.39 is 12.0 Å². The van der Waals surface area contributed by atoms with E-state index in [0.29, 0.717) is 29.1 Å². The molecular weight excluding hydrogens is 516 g/mol. The number of hydrogen-bond acceptors (Lipinski definition) is 4. The number of ether oxygens (including phenoxy) is 1. The molecule has 4 fully saturated rings. The fourth-order valence-electron chi connectivity index (χ4n) is 8.14. The van der Waals surface area contributed by atoms with Gasteiger partial charge in [-0.2, -0.15) is 0 Å². The van der Waals surface area contributed by atoms with Crippen molar-refractivity contribution in [1.82, 2.24) is 15.5 Å². The highest BCUT2D eigenvalue weighted by Crippen LogP contribution is 2.55. The molecule has 3 N–H and O–H groups in total. The standard InChI is InChI=1S/C33H40N4O4/c1-3-13-37-29(24-9-6-5-7-10-24)27(30(38)41-4-2)28(35-32(37)40)25-11-8-12-26(17-25)34-31(39)36-33-18-21-14-22(19-33)16-23(15-21)20-33/h5-12,17,21-23,28H,3-4,13-16,18-20H2,1-2H3,(H,35,40)(H2,34,36,39). The van der Waals surface area contributed by atoms with E-state index in [9.17, 15) is 14.4 Å². The molecule has 5 aliphatic rings. The Morgan fingerprint density at radius 1 is 0.976 bits per heavy atom. The van der Waals surface area contributed by atoms with Gasteiger partial charge in [-0.1, -0.05) is 49.4 Å². The van der Waals surface area contributed by atoms with E-state index in [1.165, 1.54) is 19.3 Å². The van der Waals surface area contributed by atoms with Crippen molar-refractivity contribution in [2.24, 2.45) is 17.8 Å². The van der Waals surface area contributed by atoms with Crippen LogP contribution in [0.3, 0.4) is 0 Å². The molecule has 0 spiro atoms. The van der Waals surface area contributed by atoms with E-state index in [4.69, 9.17) is 4.74 Å². The van der Waals surface area contributed by atoms with Crippen LogP contribution in [0.25, 0.3) is 5.70 Å². The summed E-state index contributed by atoms with van der Waals surface area (Å²) >= 11 is 0. The highest BCUT2D eigenvalue weighted by Gasteiger charge is 2.51. The zero-order valence-corrected chi connectivity index (χ0v) is 23.9. The van der Waals surface area contributed by atoms with Crippen molar-refractivity contribution in [2.45, 2.75) is 70.4 Å². The Labute approximate surface area is 241 Å². The van der Waals surface area contributed by atoms with Gasteiger partial charge >= 0.3 is 18.0 Å². The molecule has 1 aliphatic heterocycles. The molecule has 0 aromatic heterocycles. The zero-order valence-electron chi connectivity index (χ0n) is 23.9. The van der Waals surface area contributed by atoms with Gasteiger partial charge in [0, 0.05) is 17.8 Å². The molecule has 7 rings (SSSR count). The van der Waals surface area contributed by atoms with Crippen molar-refractivity contribution in [3.05, 3.63) is 71.3 Å². The first-order valence-electron chi connectivity index (χ1n) is 15.1. The molecule has 216 valence electrons. The molecule has 1 unspecified atom stereocenters. The number of anilines is 1. The minimum absolute atomic E-state index is 0.0963. The first-order chi connectivity index (χ1) is 19.9. The summed E-state index contributed by atoms with van der Waals surface area (Å²) in [5.41, 5.74) is 2.91. The monoisotopic (exact) mass is 556 g/mol. The second kappa shape index (κ2) is 11.2. The van der Waals surface area contributed by atoms with Gasteiger partial charge in [0.15, 0.2) is 0 Å². The van der Waals surface area contributed by atoms with Crippen LogP contribution in [0.5, 0.6) is 0 Å². The van der Waals surface area contributed by atoms with Gasteiger partial charge in [-0.3, -0.25) is 4.90 Å². The maximum absolute atomic E-state index is 13.5. The van der Waals surface area contributed by atoms with Crippen LogP contribution < -0.4 is 16.0 Å². The van der Waals surface area contributed by atoms with Gasteiger partial charge in [0.25, 0.3) is 0 Å². The lowest BCUT2D eigenvalue weighted by atomic mass is 9.53. The summed E-state index contributed by atoms with van der Waals surface area (Å²) in [6.07, 6.45) is 7.89. The third-order valence-corrected chi connectivity index (χ3v) is 9.21. The second-order valence-electron chi connectivity index (χ2n) is 12.3. The molecule has 8 nitrogen and oxygen atoms in total. The highest BCUT2D eigenvalue weighted by molar-refractivity contribution is 6.04. The Balaban J connectivity index is 1.30. The molecule has 4 bridgehead atoms. The number of rotatable bonds is 8. The number of nitrogens with zero attached hydrogens (tertiary/aromatic N) is 1. The number of carbonyl (C=O) groups is 3. The lowest BCUT2D eigenvalue weighted by Gasteiger charge is -2.56. The number of esters is 1. The van der Waals surface area contributed by atoms with Gasteiger partial charge in [-0.15, -0.1) is 0 Å². The Kier molecular flexibility index (Phi) is 7.49. The summed E-state index contributed by atoms with van der Waals surface area (Å²) in [6, 6.07) is 15.7. The fraction of sp³-hybridized carbons (Fsp3) is 0.485. The van der Waals surface area contributed by atoms with Gasteiger partial charge < -0.3 is 20.7 Å². The van der Waals surface area contributed by atoms with Crippen molar-refractivity contribution >= 4 is 29.4 Å². The lowest BCUT2D eigenvalue weighted by molar-refractivity contribution is -0.138. The Morgan fingerprint density at radius 3 is 2.29 bits per heavy atom. The van der Waals surface area contributed by atoms with Gasteiger partial charge in [0.2, 0.25) is 0 Å². The number of amides is 4. The fourth-order valence-corrected chi connectivity index (χ4v) is 8.14. The average Bonchev–Trinajstić information content (AvgIpc) is 2.93. The number of urea groups is 2. The van der Waals surface area contributed by atoms with Gasteiger partial charge in [-0.25, -0.2) is 14.4 Å². The quantitative estimate of drug-likeness (QED) is 0.336. The summed E-state index contributed by atoms with van der Waals surface area (Å²) in [7, 11) is 0. The minimum atomic E-state index is -0.738. The summed E-state index contributed by atoms with van der Waals surface area (Å²) in [6.45, 7) is 4.44. The summed E-state index contributed by atoms with van der Waals surface area (Å²) < 4.78 is 5.52. The summed E-state index contributed by atoms with van der Waals surface area (Å²) in [5, 5.41) is 9.44. The predicted octanol–water partition coefficient (Wildman–Crippen LogP) is 6.23. The topological polar surface area (TPSA) is 99.8 Å². The zero-order chi connectivity index (χ0) is 28.6. The van der Waals surface area contributed by atoms with Crippen LogP contribution in [-0.2, 0) is 9.53 Å². The van der Waals surface area contributed by atoms with E-state index in [2.05, 4.69) is 16.0 Å². The van der Waals surface area contributed by atoms with Crippen LogP contribution in [0, 0.1) is 17.8 Å². The van der Waals surface area contributed by atoms with Crippen LogP contribution >= 0.6 is 0 Å². The van der Waals surface area contributed by atoms with Crippen LogP contribution in [0.4, 0.5) is 15.3 Å². The van der Waals surface area contributed by atoms with Crippen LogP contribution in [-0.4, -0.2) is 41.6 Å². The second-order valence-corrected chi connectivity index (χ2v) is 12.3. The van der Waals surface area contributed by atoms with E-state index in [1.807, 2.05) is 61.5 Å². The van der Waals surface area contributed by atoms with E-state index >= 15 is 0 Å². The van der Waals surface area contributed by atoms with Gasteiger partial charge in [0.1, 0.15) is 0 Å². The molecular formula is C33H40N4O4. The largest absolute Gasteiger partial charge is 0.463 e. The SMILES string of the molecule is CCCN1C(=O)NC(c2cccc(NC(=O)NC34CC5CC(CC(C5)C3)C4)c2)C(C(=O)OCC)=C1c1ccccc1. The maximum atomic E-state index is 13.5. The molecule has 1 heterocycles. The number of hydrogen-bond donors (Lipinski definition) is 3. The maximum Gasteiger partial charge on any atom is 0.338 e. The average molecular weight is 557 g/mol. The predicted molar refractivity (Wildman–Crippen MR) is 158 cm³/mol. The Hall–Kier alpha value is -3.81. The first kappa shape index (κ1) is 27.4. The van der Waals surface area contributed by atoms with Gasteiger partial charge in [0.05, 0.1) is 23.9 Å². The molecule has 41 heavy (non-hydrogen) atoms. The van der Waals surface area contributed by atoms with Crippen LogP contribution in [0.15, 0.2) is 60.2 Å². The molecule has 0 radical (unpaired) electrons. The van der Waals surface area contributed by atoms with E-state index in [-0.39, 0.29) is 24.2 Å². The Bertz CT molecular complexity index is 1320. The van der Waals surface area contributed by atoms with Crippen LogP contribution in [0.1, 0.15) is 76.0 Å². The molecule has 4 aliphatic carbocycles. The summed E-state index contributed by atoms with van der Waals surface area (Å²) in [4.78, 5) is 41.8. The molecule has 4 amide bonds. The lowest BCUT2D eigenvalue weighted by Crippen LogP contribution is -2.60. The third kappa shape index (κ3) is 5.44. The number of benzene rings is 2. The van der Waals surface area contributed by atoms with Crippen LogP contribution in [0.2, 0.25) is 0 Å². The van der Waals surface area contributed by atoms with Crippen molar-refractivity contribution in [3.63, 3.8) is 0 Å². The normalized spacial score (nSPS) is 28.3.